The Hall–Kier alpha value is -1.76. The highest BCUT2D eigenvalue weighted by Gasteiger charge is 2.18. The Morgan fingerprint density at radius 1 is 1.38 bits per heavy atom. The Kier molecular flexibility index (Phi) is 5.60. The van der Waals surface area contributed by atoms with Gasteiger partial charge in [0, 0.05) is 36.6 Å². The quantitative estimate of drug-likeness (QED) is 0.905. The molecule has 0 radical (unpaired) electrons. The largest absolute Gasteiger partial charge is 0.379 e. The molecule has 0 aliphatic carbocycles. The van der Waals surface area contributed by atoms with Gasteiger partial charge in [-0.1, -0.05) is 0 Å². The van der Waals surface area contributed by atoms with Crippen LogP contribution in [0.4, 0.5) is 0 Å². The maximum Gasteiger partial charge on any atom is 0.253 e. The van der Waals surface area contributed by atoms with Gasteiger partial charge in [0.2, 0.25) is 0 Å². The molecule has 2 aromatic heterocycles. The maximum atomic E-state index is 12.5. The Morgan fingerprint density at radius 3 is 2.83 bits per heavy atom. The number of carbonyl (C=O) groups excluding carboxylic acids is 1. The van der Waals surface area contributed by atoms with E-state index in [1.807, 2.05) is 30.5 Å². The lowest BCUT2D eigenvalue weighted by Crippen LogP contribution is -2.47. The lowest BCUT2D eigenvalue weighted by Gasteiger charge is -2.32. The molecule has 1 aliphatic heterocycles. The van der Waals surface area contributed by atoms with Crippen LogP contribution in [0.2, 0.25) is 0 Å². The van der Waals surface area contributed by atoms with E-state index in [1.54, 1.807) is 11.3 Å². The Labute approximate surface area is 146 Å². The van der Waals surface area contributed by atoms with Crippen molar-refractivity contribution in [3.8, 4) is 11.3 Å². The van der Waals surface area contributed by atoms with Gasteiger partial charge in [-0.3, -0.25) is 14.7 Å². The number of amides is 1. The molecule has 3 rings (SSSR count). The molecule has 1 atom stereocenters. The van der Waals surface area contributed by atoms with Crippen LogP contribution < -0.4 is 5.32 Å². The number of carbonyl (C=O) groups is 1. The number of morpholine rings is 1. The van der Waals surface area contributed by atoms with Gasteiger partial charge in [0.25, 0.3) is 5.91 Å². The highest BCUT2D eigenvalue weighted by molar-refractivity contribution is 7.08. The van der Waals surface area contributed by atoms with Crippen LogP contribution >= 0.6 is 11.3 Å². The molecule has 0 saturated carbocycles. The summed E-state index contributed by atoms with van der Waals surface area (Å²) in [6.07, 6.45) is 0. The van der Waals surface area contributed by atoms with Crippen LogP contribution in [-0.4, -0.2) is 54.7 Å². The summed E-state index contributed by atoms with van der Waals surface area (Å²) in [5.41, 5.74) is 3.40. The number of rotatable bonds is 5. The first-order valence-electron chi connectivity index (χ1n) is 8.25. The second-order valence-electron chi connectivity index (χ2n) is 6.05. The Morgan fingerprint density at radius 2 is 2.17 bits per heavy atom. The van der Waals surface area contributed by atoms with Crippen molar-refractivity contribution in [2.24, 2.45) is 0 Å². The van der Waals surface area contributed by atoms with Crippen LogP contribution in [0.5, 0.6) is 0 Å². The molecule has 3 heterocycles. The topological polar surface area (TPSA) is 54.5 Å². The number of hydrogen-bond donors (Lipinski definition) is 1. The van der Waals surface area contributed by atoms with Crippen LogP contribution in [0.1, 0.15) is 23.0 Å². The van der Waals surface area contributed by atoms with Gasteiger partial charge >= 0.3 is 0 Å². The maximum absolute atomic E-state index is 12.5. The number of aromatic nitrogens is 1. The van der Waals surface area contributed by atoms with E-state index in [9.17, 15) is 4.79 Å². The van der Waals surface area contributed by atoms with Crippen molar-refractivity contribution in [3.05, 3.63) is 40.2 Å². The number of hydrogen-bond acceptors (Lipinski definition) is 5. The second kappa shape index (κ2) is 7.88. The van der Waals surface area contributed by atoms with E-state index >= 15 is 0 Å². The predicted octanol–water partition coefficient (Wildman–Crippen LogP) is 2.57. The number of ether oxygens (including phenoxy) is 1. The molecule has 0 aromatic carbocycles. The van der Waals surface area contributed by atoms with Gasteiger partial charge in [-0.25, -0.2) is 0 Å². The minimum atomic E-state index is -0.0584. The first-order chi connectivity index (χ1) is 11.6. The van der Waals surface area contributed by atoms with Crippen LogP contribution in [0.3, 0.4) is 0 Å². The molecule has 1 saturated heterocycles. The van der Waals surface area contributed by atoms with Gasteiger partial charge in [-0.2, -0.15) is 11.3 Å². The van der Waals surface area contributed by atoms with Gasteiger partial charge in [-0.05, 0) is 37.4 Å². The fraction of sp³-hybridized carbons (Fsp3) is 0.444. The Balaban J connectivity index is 1.60. The first kappa shape index (κ1) is 17.1. The van der Waals surface area contributed by atoms with Gasteiger partial charge < -0.3 is 10.1 Å². The number of thiophene rings is 1. The average Bonchev–Trinajstić information content (AvgIpc) is 3.14. The third-order valence-corrected chi connectivity index (χ3v) is 5.06. The van der Waals surface area contributed by atoms with Gasteiger partial charge in [-0.15, -0.1) is 0 Å². The number of pyridine rings is 1. The smallest absolute Gasteiger partial charge is 0.253 e. The summed E-state index contributed by atoms with van der Waals surface area (Å²) in [5.74, 6) is -0.0584. The zero-order valence-electron chi connectivity index (χ0n) is 14.1. The molecule has 24 heavy (non-hydrogen) atoms. The highest BCUT2D eigenvalue weighted by atomic mass is 32.1. The second-order valence-corrected chi connectivity index (χ2v) is 6.83. The Bertz CT molecular complexity index is 682. The zero-order valence-corrected chi connectivity index (χ0v) is 14.9. The van der Waals surface area contributed by atoms with E-state index in [4.69, 9.17) is 4.74 Å². The van der Waals surface area contributed by atoms with Gasteiger partial charge in [0.15, 0.2) is 0 Å². The van der Waals surface area contributed by atoms with Crippen molar-refractivity contribution in [2.75, 3.05) is 32.8 Å². The first-order valence-corrected chi connectivity index (χ1v) is 9.19. The zero-order chi connectivity index (χ0) is 16.9. The van der Waals surface area contributed by atoms with Gasteiger partial charge in [0.05, 0.1) is 30.2 Å². The number of nitrogens with zero attached hydrogens (tertiary/aromatic N) is 2. The van der Waals surface area contributed by atoms with Gasteiger partial charge in [0.1, 0.15) is 0 Å². The molecule has 1 N–H and O–H groups in total. The average molecular weight is 345 g/mol. The number of aryl methyl sites for hydroxylation is 1. The van der Waals surface area contributed by atoms with Crippen molar-refractivity contribution in [1.82, 2.24) is 15.2 Å². The van der Waals surface area contributed by atoms with E-state index in [1.165, 1.54) is 0 Å². The van der Waals surface area contributed by atoms with Crippen molar-refractivity contribution in [1.29, 1.82) is 0 Å². The van der Waals surface area contributed by atoms with Crippen LogP contribution in [0, 0.1) is 6.92 Å². The summed E-state index contributed by atoms with van der Waals surface area (Å²) in [6.45, 7) is 8.04. The molecule has 128 valence electrons. The molecule has 0 spiro atoms. The third kappa shape index (κ3) is 4.01. The minimum absolute atomic E-state index is 0.0584. The lowest BCUT2D eigenvalue weighted by molar-refractivity contribution is 0.0204. The molecule has 1 fully saturated rings. The van der Waals surface area contributed by atoms with Crippen molar-refractivity contribution >= 4 is 17.2 Å². The monoisotopic (exact) mass is 345 g/mol. The third-order valence-electron chi connectivity index (χ3n) is 4.37. The minimum Gasteiger partial charge on any atom is -0.379 e. The molecule has 5 nitrogen and oxygen atoms in total. The molecule has 0 bridgehead atoms. The standard InChI is InChI=1S/C18H23N3O2S/c1-13(21-6-8-23-9-7-21)11-19-18(22)16-3-4-17(20-14(16)2)15-5-10-24-12-15/h3-5,10,12-13H,6-9,11H2,1-2H3,(H,19,22). The summed E-state index contributed by atoms with van der Waals surface area (Å²) in [7, 11) is 0. The summed E-state index contributed by atoms with van der Waals surface area (Å²) >= 11 is 1.64. The molecule has 1 amide bonds. The lowest BCUT2D eigenvalue weighted by atomic mass is 10.1. The van der Waals surface area contributed by atoms with Crippen LogP contribution in [0.25, 0.3) is 11.3 Å². The van der Waals surface area contributed by atoms with Crippen molar-refractivity contribution < 1.29 is 9.53 Å². The van der Waals surface area contributed by atoms with E-state index in [0.717, 1.165) is 43.3 Å². The van der Waals surface area contributed by atoms with E-state index in [-0.39, 0.29) is 5.91 Å². The normalized spacial score (nSPS) is 16.8. The van der Waals surface area contributed by atoms with E-state index in [2.05, 4.69) is 27.5 Å². The van der Waals surface area contributed by atoms with Crippen molar-refractivity contribution in [3.63, 3.8) is 0 Å². The summed E-state index contributed by atoms with van der Waals surface area (Å²) < 4.78 is 5.37. The molecular weight excluding hydrogens is 322 g/mol. The molecule has 1 unspecified atom stereocenters. The highest BCUT2D eigenvalue weighted by Crippen LogP contribution is 2.21. The predicted molar refractivity (Wildman–Crippen MR) is 96.5 cm³/mol. The molecule has 1 aliphatic rings. The molecular formula is C18H23N3O2S. The van der Waals surface area contributed by atoms with Crippen LogP contribution in [0.15, 0.2) is 29.0 Å². The van der Waals surface area contributed by atoms with Crippen LogP contribution in [-0.2, 0) is 4.74 Å². The number of nitrogens with one attached hydrogen (secondary N) is 1. The summed E-state index contributed by atoms with van der Waals surface area (Å²) in [5, 5.41) is 7.12. The summed E-state index contributed by atoms with van der Waals surface area (Å²) in [4.78, 5) is 19.4. The fourth-order valence-corrected chi connectivity index (χ4v) is 3.50. The van der Waals surface area contributed by atoms with E-state index in [0.29, 0.717) is 18.2 Å². The molecule has 6 heteroatoms. The van der Waals surface area contributed by atoms with E-state index < -0.39 is 0 Å². The summed E-state index contributed by atoms with van der Waals surface area (Å²) in [6, 6.07) is 6.12. The fourth-order valence-electron chi connectivity index (χ4n) is 2.85. The van der Waals surface area contributed by atoms with Crippen molar-refractivity contribution in [2.45, 2.75) is 19.9 Å². The SMILES string of the molecule is Cc1nc(-c2ccsc2)ccc1C(=O)NCC(C)N1CCOCC1. The molecule has 2 aromatic rings.